The Bertz CT molecular complexity index is 1220. The van der Waals surface area contributed by atoms with Gasteiger partial charge in [-0.3, -0.25) is 9.97 Å². The highest BCUT2D eigenvalue weighted by atomic mass is 15.2. The zero-order chi connectivity index (χ0) is 21.4. The van der Waals surface area contributed by atoms with Crippen LogP contribution in [0.25, 0.3) is 22.3 Å². The van der Waals surface area contributed by atoms with Gasteiger partial charge in [0.15, 0.2) is 5.82 Å². The molecule has 0 radical (unpaired) electrons. The van der Waals surface area contributed by atoms with Gasteiger partial charge < -0.3 is 9.80 Å². The molecule has 1 spiro atoms. The third-order valence-electron chi connectivity index (χ3n) is 7.10. The molecular weight excluding hydrogens is 396 g/mol. The molecule has 2 aliphatic heterocycles. The highest BCUT2D eigenvalue weighted by molar-refractivity contribution is 5.90. The van der Waals surface area contributed by atoms with Crippen molar-refractivity contribution in [2.75, 3.05) is 36.0 Å². The summed E-state index contributed by atoms with van der Waals surface area (Å²) in [4.78, 5) is 23.2. The molecule has 0 saturated carbocycles. The van der Waals surface area contributed by atoms with Crippen LogP contribution in [-0.4, -0.2) is 46.1 Å². The predicted molar refractivity (Wildman–Crippen MR) is 128 cm³/mol. The number of hydrogen-bond donors (Lipinski definition) is 0. The minimum absolute atomic E-state index is 0.407. The summed E-state index contributed by atoms with van der Waals surface area (Å²) in [6, 6.07) is 16.8. The molecule has 6 heteroatoms. The highest BCUT2D eigenvalue weighted by Gasteiger charge is 2.41. The fourth-order valence-corrected chi connectivity index (χ4v) is 5.23. The van der Waals surface area contributed by atoms with E-state index in [-0.39, 0.29) is 0 Å². The normalized spacial score (nSPS) is 17.9. The summed E-state index contributed by atoms with van der Waals surface area (Å²) >= 11 is 0. The average molecular weight is 423 g/mol. The van der Waals surface area contributed by atoms with Gasteiger partial charge in [0, 0.05) is 61.4 Å². The van der Waals surface area contributed by atoms with E-state index < -0.39 is 0 Å². The van der Waals surface area contributed by atoms with Crippen molar-refractivity contribution < 1.29 is 0 Å². The number of anilines is 2. The first-order valence-electron chi connectivity index (χ1n) is 11.4. The van der Waals surface area contributed by atoms with E-state index in [9.17, 15) is 0 Å². The Kier molecular flexibility index (Phi) is 4.71. The molecule has 5 heterocycles. The second-order valence-electron chi connectivity index (χ2n) is 8.99. The van der Waals surface area contributed by atoms with Crippen molar-refractivity contribution in [1.82, 2.24) is 19.9 Å². The summed E-state index contributed by atoms with van der Waals surface area (Å²) in [7, 11) is 0. The molecule has 32 heavy (non-hydrogen) atoms. The number of hydrogen-bond acceptors (Lipinski definition) is 6. The fraction of sp³-hybridized carbons (Fsp3) is 0.308. The third kappa shape index (κ3) is 3.45. The molecule has 2 aliphatic rings. The molecule has 0 amide bonds. The Morgan fingerprint density at radius 1 is 0.719 bits per heavy atom. The van der Waals surface area contributed by atoms with E-state index in [4.69, 9.17) is 9.97 Å². The molecule has 2 saturated heterocycles. The minimum atomic E-state index is 0.407. The Morgan fingerprint density at radius 2 is 1.44 bits per heavy atom. The molecule has 6 nitrogen and oxygen atoms in total. The lowest BCUT2D eigenvalue weighted by Crippen LogP contribution is -2.42. The maximum atomic E-state index is 5.02. The summed E-state index contributed by atoms with van der Waals surface area (Å²) in [5.74, 6) is 1.76. The SMILES string of the molecule is c1ccc(N2CCC3(CCN(c4nc(-c5ccncc5)nc5cnccc45)CC3)C2)cc1. The van der Waals surface area contributed by atoms with E-state index in [0.29, 0.717) is 5.41 Å². The van der Waals surface area contributed by atoms with Gasteiger partial charge in [-0.15, -0.1) is 0 Å². The second-order valence-corrected chi connectivity index (χ2v) is 8.99. The van der Waals surface area contributed by atoms with Gasteiger partial charge in [0.2, 0.25) is 0 Å². The van der Waals surface area contributed by atoms with E-state index in [0.717, 1.165) is 54.3 Å². The van der Waals surface area contributed by atoms with Crippen LogP contribution >= 0.6 is 0 Å². The number of aromatic nitrogens is 4. The zero-order valence-electron chi connectivity index (χ0n) is 18.1. The quantitative estimate of drug-likeness (QED) is 0.482. The Labute approximate surface area is 188 Å². The summed E-state index contributed by atoms with van der Waals surface area (Å²) in [6.45, 7) is 4.35. The summed E-state index contributed by atoms with van der Waals surface area (Å²) in [5, 5.41) is 1.08. The van der Waals surface area contributed by atoms with Crippen LogP contribution in [-0.2, 0) is 0 Å². The molecule has 4 aromatic rings. The summed E-state index contributed by atoms with van der Waals surface area (Å²) < 4.78 is 0. The lowest BCUT2D eigenvalue weighted by atomic mass is 9.77. The first-order chi connectivity index (χ1) is 15.8. The van der Waals surface area contributed by atoms with Gasteiger partial charge >= 0.3 is 0 Å². The van der Waals surface area contributed by atoms with E-state index in [1.54, 1.807) is 12.4 Å². The predicted octanol–water partition coefficient (Wildman–Crippen LogP) is 4.58. The van der Waals surface area contributed by atoms with Crippen molar-refractivity contribution in [2.24, 2.45) is 5.41 Å². The number of piperidine rings is 1. The average Bonchev–Trinajstić information content (AvgIpc) is 3.28. The first kappa shape index (κ1) is 19.2. The van der Waals surface area contributed by atoms with Crippen molar-refractivity contribution in [3.8, 4) is 11.4 Å². The van der Waals surface area contributed by atoms with Crippen LogP contribution in [0.1, 0.15) is 19.3 Å². The van der Waals surface area contributed by atoms with Crippen molar-refractivity contribution in [3.05, 3.63) is 73.3 Å². The van der Waals surface area contributed by atoms with E-state index in [1.807, 2.05) is 30.6 Å². The van der Waals surface area contributed by atoms with Crippen molar-refractivity contribution in [1.29, 1.82) is 0 Å². The number of pyridine rings is 2. The fourth-order valence-electron chi connectivity index (χ4n) is 5.23. The molecule has 0 unspecified atom stereocenters. The topological polar surface area (TPSA) is 58.0 Å². The zero-order valence-corrected chi connectivity index (χ0v) is 18.1. The maximum absolute atomic E-state index is 5.02. The summed E-state index contributed by atoms with van der Waals surface area (Å²) in [6.07, 6.45) is 10.9. The lowest BCUT2D eigenvalue weighted by molar-refractivity contribution is 0.250. The number of benzene rings is 1. The molecule has 0 atom stereocenters. The molecule has 1 aromatic carbocycles. The van der Waals surface area contributed by atoms with Gasteiger partial charge in [0.25, 0.3) is 0 Å². The van der Waals surface area contributed by atoms with E-state index in [1.165, 1.54) is 24.9 Å². The van der Waals surface area contributed by atoms with Crippen molar-refractivity contribution in [3.63, 3.8) is 0 Å². The van der Waals surface area contributed by atoms with Gasteiger partial charge in [-0.25, -0.2) is 9.97 Å². The van der Waals surface area contributed by atoms with Crippen LogP contribution in [0.5, 0.6) is 0 Å². The van der Waals surface area contributed by atoms with Crippen LogP contribution in [0.3, 0.4) is 0 Å². The Balaban J connectivity index is 1.26. The first-order valence-corrected chi connectivity index (χ1v) is 11.4. The number of nitrogens with zero attached hydrogens (tertiary/aromatic N) is 6. The second kappa shape index (κ2) is 7.86. The van der Waals surface area contributed by atoms with Crippen LogP contribution in [0, 0.1) is 5.41 Å². The number of rotatable bonds is 3. The molecular formula is C26H26N6. The van der Waals surface area contributed by atoms with Crippen molar-refractivity contribution in [2.45, 2.75) is 19.3 Å². The van der Waals surface area contributed by atoms with Gasteiger partial charge in [0.1, 0.15) is 5.82 Å². The molecule has 0 aliphatic carbocycles. The third-order valence-corrected chi connectivity index (χ3v) is 7.10. The lowest BCUT2D eigenvalue weighted by Gasteiger charge is -2.40. The Morgan fingerprint density at radius 3 is 2.22 bits per heavy atom. The molecule has 2 fully saturated rings. The number of para-hydroxylation sites is 1. The van der Waals surface area contributed by atoms with Crippen LogP contribution in [0.2, 0.25) is 0 Å². The van der Waals surface area contributed by atoms with Gasteiger partial charge in [-0.1, -0.05) is 18.2 Å². The van der Waals surface area contributed by atoms with E-state index in [2.05, 4.69) is 50.1 Å². The van der Waals surface area contributed by atoms with E-state index >= 15 is 0 Å². The molecule has 0 N–H and O–H groups in total. The van der Waals surface area contributed by atoms with Crippen LogP contribution in [0.4, 0.5) is 11.5 Å². The molecule has 160 valence electrons. The standard InChI is InChI=1S/C26H26N6/c1-2-4-21(5-3-1)32-17-11-26(19-32)9-15-31(16-10-26)25-22-8-14-28-18-23(22)29-24(30-25)20-6-12-27-13-7-20/h1-8,12-14,18H,9-11,15-17,19H2. The minimum Gasteiger partial charge on any atom is -0.371 e. The van der Waals surface area contributed by atoms with Gasteiger partial charge in [-0.2, -0.15) is 0 Å². The molecule has 3 aromatic heterocycles. The maximum Gasteiger partial charge on any atom is 0.162 e. The molecule has 6 rings (SSSR count). The van der Waals surface area contributed by atoms with Gasteiger partial charge in [0.05, 0.1) is 11.7 Å². The van der Waals surface area contributed by atoms with Crippen molar-refractivity contribution >= 4 is 22.4 Å². The smallest absolute Gasteiger partial charge is 0.162 e. The van der Waals surface area contributed by atoms with Crippen LogP contribution in [0.15, 0.2) is 73.3 Å². The number of fused-ring (bicyclic) bond motifs is 1. The Hall–Kier alpha value is -3.54. The monoisotopic (exact) mass is 422 g/mol. The van der Waals surface area contributed by atoms with Gasteiger partial charge in [-0.05, 0) is 55.0 Å². The highest BCUT2D eigenvalue weighted by Crippen LogP contribution is 2.43. The summed E-state index contributed by atoms with van der Waals surface area (Å²) in [5.41, 5.74) is 3.63. The largest absolute Gasteiger partial charge is 0.371 e. The van der Waals surface area contributed by atoms with Crippen LogP contribution < -0.4 is 9.80 Å². The molecule has 0 bridgehead atoms.